The summed E-state index contributed by atoms with van der Waals surface area (Å²) in [5.74, 6) is -0.755. The molecule has 1 aromatic carbocycles. The van der Waals surface area contributed by atoms with Crippen molar-refractivity contribution in [2.75, 3.05) is 18.4 Å². The van der Waals surface area contributed by atoms with Gasteiger partial charge in [-0.15, -0.1) is 0 Å². The highest BCUT2D eigenvalue weighted by Gasteiger charge is 2.19. The third-order valence-electron chi connectivity index (χ3n) is 3.98. The maximum absolute atomic E-state index is 13.7. The molecule has 0 radical (unpaired) electrons. The zero-order chi connectivity index (χ0) is 17.9. The second kappa shape index (κ2) is 7.40. The van der Waals surface area contributed by atoms with Gasteiger partial charge in [-0.2, -0.15) is 5.10 Å². The second-order valence-electron chi connectivity index (χ2n) is 5.84. The van der Waals surface area contributed by atoms with Crippen molar-refractivity contribution < 1.29 is 22.3 Å². The SMILES string of the molecule is COc1ccc(S(=O)(=O)Nc2cnn(CC3CCCCO3)c2)cc1F. The van der Waals surface area contributed by atoms with E-state index >= 15 is 0 Å². The zero-order valence-electron chi connectivity index (χ0n) is 13.8. The number of ether oxygens (including phenoxy) is 2. The van der Waals surface area contributed by atoms with E-state index in [9.17, 15) is 12.8 Å². The van der Waals surface area contributed by atoms with Crippen molar-refractivity contribution in [1.82, 2.24) is 9.78 Å². The fourth-order valence-corrected chi connectivity index (χ4v) is 3.74. The molecule has 0 amide bonds. The molecule has 1 unspecified atom stereocenters. The number of sulfonamides is 1. The number of hydrogen-bond donors (Lipinski definition) is 1. The van der Waals surface area contributed by atoms with Crippen molar-refractivity contribution in [3.05, 3.63) is 36.4 Å². The van der Waals surface area contributed by atoms with Crippen molar-refractivity contribution in [2.24, 2.45) is 0 Å². The molecule has 1 saturated heterocycles. The number of nitrogens with one attached hydrogen (secondary N) is 1. The molecule has 1 aliphatic heterocycles. The van der Waals surface area contributed by atoms with E-state index in [1.54, 1.807) is 10.9 Å². The van der Waals surface area contributed by atoms with Crippen molar-refractivity contribution >= 4 is 15.7 Å². The third-order valence-corrected chi connectivity index (χ3v) is 5.36. The van der Waals surface area contributed by atoms with E-state index in [2.05, 4.69) is 9.82 Å². The van der Waals surface area contributed by atoms with Crippen molar-refractivity contribution in [3.63, 3.8) is 0 Å². The van der Waals surface area contributed by atoms with Crippen LogP contribution in [0.4, 0.5) is 10.1 Å². The molecule has 0 saturated carbocycles. The topological polar surface area (TPSA) is 82.5 Å². The van der Waals surface area contributed by atoms with E-state index in [0.717, 1.165) is 31.9 Å². The third kappa shape index (κ3) is 4.29. The minimum Gasteiger partial charge on any atom is -0.494 e. The number of hydrogen-bond acceptors (Lipinski definition) is 5. The number of rotatable bonds is 6. The van der Waals surface area contributed by atoms with Gasteiger partial charge >= 0.3 is 0 Å². The number of nitrogens with zero attached hydrogens (tertiary/aromatic N) is 2. The maximum atomic E-state index is 13.7. The molecule has 7 nitrogen and oxygen atoms in total. The Labute approximate surface area is 145 Å². The number of benzene rings is 1. The molecule has 2 aromatic rings. The summed E-state index contributed by atoms with van der Waals surface area (Å²) in [7, 11) is -2.60. The maximum Gasteiger partial charge on any atom is 0.262 e. The predicted octanol–water partition coefficient (Wildman–Crippen LogP) is 2.40. The van der Waals surface area contributed by atoms with Crippen LogP contribution in [0.3, 0.4) is 0 Å². The number of anilines is 1. The highest BCUT2D eigenvalue weighted by molar-refractivity contribution is 7.92. The van der Waals surface area contributed by atoms with Gasteiger partial charge in [-0.05, 0) is 37.5 Å². The first-order chi connectivity index (χ1) is 12.0. The van der Waals surface area contributed by atoms with Gasteiger partial charge in [0.1, 0.15) is 0 Å². The normalized spacial score (nSPS) is 18.1. The largest absolute Gasteiger partial charge is 0.494 e. The van der Waals surface area contributed by atoms with E-state index < -0.39 is 15.8 Å². The molecule has 0 bridgehead atoms. The lowest BCUT2D eigenvalue weighted by Crippen LogP contribution is -2.24. The first kappa shape index (κ1) is 17.7. The summed E-state index contributed by atoms with van der Waals surface area (Å²) in [6, 6.07) is 3.47. The first-order valence-electron chi connectivity index (χ1n) is 7.98. The lowest BCUT2D eigenvalue weighted by Gasteiger charge is -2.22. The molecule has 1 N–H and O–H groups in total. The Morgan fingerprint density at radius 2 is 2.28 bits per heavy atom. The Hall–Kier alpha value is -2.13. The fourth-order valence-electron chi connectivity index (χ4n) is 2.70. The van der Waals surface area contributed by atoms with Crippen LogP contribution >= 0.6 is 0 Å². The van der Waals surface area contributed by atoms with Gasteiger partial charge in [0.2, 0.25) is 0 Å². The van der Waals surface area contributed by atoms with Crippen LogP contribution < -0.4 is 9.46 Å². The molecule has 3 rings (SSSR count). The summed E-state index contributed by atoms with van der Waals surface area (Å²) in [6.45, 7) is 1.31. The average Bonchev–Trinajstić information content (AvgIpc) is 3.02. The molecule has 136 valence electrons. The quantitative estimate of drug-likeness (QED) is 0.845. The predicted molar refractivity (Wildman–Crippen MR) is 89.6 cm³/mol. The smallest absolute Gasteiger partial charge is 0.262 e. The number of halogens is 1. The van der Waals surface area contributed by atoms with Crippen molar-refractivity contribution in [1.29, 1.82) is 0 Å². The highest BCUT2D eigenvalue weighted by atomic mass is 32.2. The van der Waals surface area contributed by atoms with E-state index in [4.69, 9.17) is 9.47 Å². The minimum absolute atomic E-state index is 0.0146. The summed E-state index contributed by atoms with van der Waals surface area (Å²) >= 11 is 0. The van der Waals surface area contributed by atoms with Crippen LogP contribution in [0, 0.1) is 5.82 Å². The molecular weight excluding hydrogens is 349 g/mol. The van der Waals surface area contributed by atoms with E-state index in [-0.39, 0.29) is 16.7 Å². The van der Waals surface area contributed by atoms with Gasteiger partial charge in [0.25, 0.3) is 10.0 Å². The van der Waals surface area contributed by atoms with Gasteiger partial charge in [-0.3, -0.25) is 9.40 Å². The summed E-state index contributed by atoms with van der Waals surface area (Å²) in [6.07, 6.45) is 6.25. The zero-order valence-corrected chi connectivity index (χ0v) is 14.6. The monoisotopic (exact) mass is 369 g/mol. The van der Waals surface area contributed by atoms with Crippen LogP contribution in [-0.4, -0.2) is 38.0 Å². The van der Waals surface area contributed by atoms with Crippen LogP contribution in [0.2, 0.25) is 0 Å². The van der Waals surface area contributed by atoms with E-state index in [1.807, 2.05) is 0 Å². The molecule has 0 spiro atoms. The standard InChI is InChI=1S/C16H20FN3O4S/c1-23-16-6-5-14(8-15(16)17)25(21,22)19-12-9-18-20(10-12)11-13-4-2-3-7-24-13/h5-6,8-10,13,19H,2-4,7,11H2,1H3. The van der Waals surface area contributed by atoms with Crippen LogP contribution in [0.15, 0.2) is 35.5 Å². The first-order valence-corrected chi connectivity index (χ1v) is 9.46. The molecule has 0 aliphatic carbocycles. The summed E-state index contributed by atoms with van der Waals surface area (Å²) in [5.41, 5.74) is 0.312. The van der Waals surface area contributed by atoms with Crippen LogP contribution in [0.25, 0.3) is 0 Å². The van der Waals surface area contributed by atoms with Gasteiger partial charge in [-0.1, -0.05) is 0 Å². The molecule has 1 aliphatic rings. The molecule has 1 atom stereocenters. The summed E-state index contributed by atoms with van der Waals surface area (Å²) in [5, 5.41) is 4.15. The Morgan fingerprint density at radius 3 is 2.96 bits per heavy atom. The van der Waals surface area contributed by atoms with Crippen LogP contribution in [0.5, 0.6) is 5.75 Å². The number of methoxy groups -OCH3 is 1. The summed E-state index contributed by atoms with van der Waals surface area (Å²) in [4.78, 5) is -0.186. The lowest BCUT2D eigenvalue weighted by atomic mass is 10.1. The molecule has 25 heavy (non-hydrogen) atoms. The highest BCUT2D eigenvalue weighted by Crippen LogP contribution is 2.22. The Balaban J connectivity index is 1.69. The average molecular weight is 369 g/mol. The summed E-state index contributed by atoms with van der Waals surface area (Å²) < 4.78 is 53.0. The number of aromatic nitrogens is 2. The Bertz CT molecular complexity index is 832. The van der Waals surface area contributed by atoms with Gasteiger partial charge in [0, 0.05) is 12.8 Å². The van der Waals surface area contributed by atoms with Gasteiger partial charge in [0.05, 0.1) is 36.5 Å². The van der Waals surface area contributed by atoms with Gasteiger partial charge in [-0.25, -0.2) is 12.8 Å². The lowest BCUT2D eigenvalue weighted by molar-refractivity contribution is 0.00401. The molecule has 9 heteroatoms. The van der Waals surface area contributed by atoms with E-state index in [1.165, 1.54) is 25.4 Å². The fraction of sp³-hybridized carbons (Fsp3) is 0.438. The van der Waals surface area contributed by atoms with Crippen molar-refractivity contribution in [2.45, 2.75) is 36.8 Å². The van der Waals surface area contributed by atoms with E-state index in [0.29, 0.717) is 12.2 Å². The second-order valence-corrected chi connectivity index (χ2v) is 7.52. The molecule has 1 fully saturated rings. The Morgan fingerprint density at radius 1 is 1.44 bits per heavy atom. The Kier molecular flexibility index (Phi) is 5.24. The van der Waals surface area contributed by atoms with Crippen LogP contribution in [-0.2, 0) is 21.3 Å². The molecule has 1 aromatic heterocycles. The van der Waals surface area contributed by atoms with Gasteiger partial charge < -0.3 is 9.47 Å². The minimum atomic E-state index is -3.91. The van der Waals surface area contributed by atoms with Gasteiger partial charge in [0.15, 0.2) is 11.6 Å². The van der Waals surface area contributed by atoms with Crippen molar-refractivity contribution in [3.8, 4) is 5.75 Å². The molecular formula is C16H20FN3O4S. The molecule has 2 heterocycles. The van der Waals surface area contributed by atoms with Crippen LogP contribution in [0.1, 0.15) is 19.3 Å².